The lowest BCUT2D eigenvalue weighted by Gasteiger charge is -2.34. The second-order valence-corrected chi connectivity index (χ2v) is 7.49. The molecule has 0 N–H and O–H groups in total. The molecular weight excluding hydrogens is 392 g/mol. The number of methoxy groups -OCH3 is 2. The molecule has 164 valence electrons. The Labute approximate surface area is 184 Å². The maximum atomic E-state index is 12.6. The summed E-state index contributed by atoms with van der Waals surface area (Å²) in [6, 6.07) is 15.7. The molecule has 0 bridgehead atoms. The van der Waals surface area contributed by atoms with Crippen LogP contribution in [0.4, 0.5) is 0 Å². The maximum Gasteiger partial charge on any atom is 0.246 e. The van der Waals surface area contributed by atoms with Gasteiger partial charge in [-0.05, 0) is 36.6 Å². The molecule has 0 spiro atoms. The van der Waals surface area contributed by atoms with Crippen LogP contribution in [0.15, 0.2) is 54.6 Å². The number of amides is 2. The summed E-state index contributed by atoms with van der Waals surface area (Å²) in [5.41, 5.74) is 2.06. The van der Waals surface area contributed by atoms with Crippen molar-refractivity contribution < 1.29 is 19.1 Å². The van der Waals surface area contributed by atoms with Gasteiger partial charge in [-0.1, -0.05) is 30.3 Å². The molecule has 0 saturated carbocycles. The molecule has 1 fully saturated rings. The molecule has 2 aromatic carbocycles. The number of hydrogen-bond donors (Lipinski definition) is 0. The number of piperazine rings is 1. The predicted octanol–water partition coefficient (Wildman–Crippen LogP) is 3.41. The zero-order chi connectivity index (χ0) is 22.1. The third kappa shape index (κ3) is 6.35. The van der Waals surface area contributed by atoms with E-state index in [1.807, 2.05) is 35.2 Å². The van der Waals surface area contributed by atoms with Gasteiger partial charge >= 0.3 is 0 Å². The van der Waals surface area contributed by atoms with Crippen LogP contribution in [0.2, 0.25) is 0 Å². The lowest BCUT2D eigenvalue weighted by Crippen LogP contribution is -2.50. The average Bonchev–Trinajstić information content (AvgIpc) is 2.83. The van der Waals surface area contributed by atoms with E-state index in [2.05, 4.69) is 12.1 Å². The molecule has 0 aromatic heterocycles. The van der Waals surface area contributed by atoms with Crippen molar-refractivity contribution in [2.24, 2.45) is 0 Å². The SMILES string of the molecule is COc1ccc(/C=C/C(=O)N2CCN(C(=O)CCCc3ccccc3)CC2)c(OC)c1. The lowest BCUT2D eigenvalue weighted by atomic mass is 10.1. The monoisotopic (exact) mass is 422 g/mol. The van der Waals surface area contributed by atoms with E-state index >= 15 is 0 Å². The van der Waals surface area contributed by atoms with Crippen LogP contribution in [0.1, 0.15) is 24.0 Å². The minimum absolute atomic E-state index is 0.0611. The van der Waals surface area contributed by atoms with Gasteiger partial charge in [0, 0.05) is 50.3 Å². The first-order valence-corrected chi connectivity index (χ1v) is 10.6. The summed E-state index contributed by atoms with van der Waals surface area (Å²) in [6.45, 7) is 2.26. The third-order valence-corrected chi connectivity index (χ3v) is 5.49. The molecule has 3 rings (SSSR count). The summed E-state index contributed by atoms with van der Waals surface area (Å²) in [5.74, 6) is 1.45. The first-order chi connectivity index (χ1) is 15.1. The highest BCUT2D eigenvalue weighted by atomic mass is 16.5. The van der Waals surface area contributed by atoms with Crippen molar-refractivity contribution in [2.45, 2.75) is 19.3 Å². The van der Waals surface area contributed by atoms with Gasteiger partial charge in [0.1, 0.15) is 11.5 Å². The van der Waals surface area contributed by atoms with Gasteiger partial charge in [0.2, 0.25) is 11.8 Å². The van der Waals surface area contributed by atoms with Crippen LogP contribution >= 0.6 is 0 Å². The van der Waals surface area contributed by atoms with Crippen molar-refractivity contribution >= 4 is 17.9 Å². The second kappa shape index (κ2) is 11.2. The van der Waals surface area contributed by atoms with Gasteiger partial charge in [-0.2, -0.15) is 0 Å². The summed E-state index contributed by atoms with van der Waals surface area (Å²) in [4.78, 5) is 28.7. The summed E-state index contributed by atoms with van der Waals surface area (Å²) < 4.78 is 10.6. The highest BCUT2D eigenvalue weighted by molar-refractivity contribution is 5.92. The summed E-state index contributed by atoms with van der Waals surface area (Å²) in [5, 5.41) is 0. The molecule has 6 nitrogen and oxygen atoms in total. The van der Waals surface area contributed by atoms with Gasteiger partial charge in [-0.25, -0.2) is 0 Å². The molecular formula is C25H30N2O4. The van der Waals surface area contributed by atoms with Crippen LogP contribution in [0.3, 0.4) is 0 Å². The summed E-state index contributed by atoms with van der Waals surface area (Å²) >= 11 is 0. The molecule has 0 unspecified atom stereocenters. The zero-order valence-corrected chi connectivity index (χ0v) is 18.3. The number of hydrogen-bond acceptors (Lipinski definition) is 4. The molecule has 1 saturated heterocycles. The van der Waals surface area contributed by atoms with Crippen molar-refractivity contribution in [1.82, 2.24) is 9.80 Å². The van der Waals surface area contributed by atoms with E-state index in [4.69, 9.17) is 9.47 Å². The first-order valence-electron chi connectivity index (χ1n) is 10.6. The topological polar surface area (TPSA) is 59.1 Å². The Morgan fingerprint density at radius 2 is 1.65 bits per heavy atom. The lowest BCUT2D eigenvalue weighted by molar-refractivity contribution is -0.137. The molecule has 2 amide bonds. The van der Waals surface area contributed by atoms with Gasteiger partial charge < -0.3 is 19.3 Å². The minimum atomic E-state index is -0.0611. The largest absolute Gasteiger partial charge is 0.497 e. The molecule has 0 atom stereocenters. The number of carbonyl (C=O) groups excluding carboxylic acids is 2. The maximum absolute atomic E-state index is 12.6. The Kier molecular flexibility index (Phi) is 8.10. The van der Waals surface area contributed by atoms with E-state index in [-0.39, 0.29) is 11.8 Å². The summed E-state index contributed by atoms with van der Waals surface area (Å²) in [6.07, 6.45) is 5.60. The number of ether oxygens (including phenoxy) is 2. The van der Waals surface area contributed by atoms with Crippen LogP contribution in [-0.4, -0.2) is 62.0 Å². The van der Waals surface area contributed by atoms with Crippen molar-refractivity contribution in [3.63, 3.8) is 0 Å². The van der Waals surface area contributed by atoms with Gasteiger partial charge in [-0.15, -0.1) is 0 Å². The quantitative estimate of drug-likeness (QED) is 0.612. The number of nitrogens with zero attached hydrogens (tertiary/aromatic N) is 2. The molecule has 1 aliphatic rings. The molecule has 1 heterocycles. The summed E-state index contributed by atoms with van der Waals surface area (Å²) in [7, 11) is 3.19. The molecule has 2 aromatic rings. The van der Waals surface area contributed by atoms with Crippen LogP contribution in [0.5, 0.6) is 11.5 Å². The fourth-order valence-corrected chi connectivity index (χ4v) is 3.65. The zero-order valence-electron chi connectivity index (χ0n) is 18.3. The molecule has 31 heavy (non-hydrogen) atoms. The molecule has 1 aliphatic heterocycles. The standard InChI is InChI=1S/C25H30N2O4/c1-30-22-13-11-21(23(19-22)31-2)12-14-25(29)27-17-15-26(16-18-27)24(28)10-6-9-20-7-4-3-5-8-20/h3-5,7-8,11-14,19H,6,9-10,15-18H2,1-2H3/b14-12+. The van der Waals surface area contributed by atoms with Gasteiger partial charge in [0.15, 0.2) is 0 Å². The van der Waals surface area contributed by atoms with E-state index in [9.17, 15) is 9.59 Å². The fourth-order valence-electron chi connectivity index (χ4n) is 3.65. The predicted molar refractivity (Wildman–Crippen MR) is 121 cm³/mol. The van der Waals surface area contributed by atoms with Crippen molar-refractivity contribution in [1.29, 1.82) is 0 Å². The number of carbonyl (C=O) groups is 2. The Hall–Kier alpha value is -3.28. The van der Waals surface area contributed by atoms with Gasteiger partial charge in [-0.3, -0.25) is 9.59 Å². The highest BCUT2D eigenvalue weighted by Crippen LogP contribution is 2.25. The average molecular weight is 423 g/mol. The first kappa shape index (κ1) is 22.4. The molecule has 0 radical (unpaired) electrons. The van der Waals surface area contributed by atoms with Crippen molar-refractivity contribution in [2.75, 3.05) is 40.4 Å². The second-order valence-electron chi connectivity index (χ2n) is 7.49. The Bertz CT molecular complexity index is 903. The number of rotatable bonds is 8. The van der Waals surface area contributed by atoms with E-state index in [1.165, 1.54) is 5.56 Å². The van der Waals surface area contributed by atoms with Crippen LogP contribution in [-0.2, 0) is 16.0 Å². The Morgan fingerprint density at radius 1 is 0.935 bits per heavy atom. The van der Waals surface area contributed by atoms with Crippen molar-refractivity contribution in [3.05, 3.63) is 65.7 Å². The Morgan fingerprint density at radius 3 is 2.32 bits per heavy atom. The van der Waals surface area contributed by atoms with Crippen LogP contribution in [0, 0.1) is 0 Å². The van der Waals surface area contributed by atoms with E-state index in [1.54, 1.807) is 37.3 Å². The normalized spacial score (nSPS) is 14.0. The number of aryl methyl sites for hydroxylation is 1. The molecule has 0 aliphatic carbocycles. The minimum Gasteiger partial charge on any atom is -0.497 e. The fraction of sp³-hybridized carbons (Fsp3) is 0.360. The van der Waals surface area contributed by atoms with E-state index < -0.39 is 0 Å². The Balaban J connectivity index is 1.45. The van der Waals surface area contributed by atoms with Crippen molar-refractivity contribution in [3.8, 4) is 11.5 Å². The van der Waals surface area contributed by atoms with E-state index in [0.717, 1.165) is 18.4 Å². The van der Waals surface area contributed by atoms with E-state index in [0.29, 0.717) is 44.1 Å². The molecule has 6 heteroatoms. The van der Waals surface area contributed by atoms with Crippen LogP contribution in [0.25, 0.3) is 6.08 Å². The number of benzene rings is 2. The van der Waals surface area contributed by atoms with Gasteiger partial charge in [0.05, 0.1) is 14.2 Å². The third-order valence-electron chi connectivity index (χ3n) is 5.49. The smallest absolute Gasteiger partial charge is 0.246 e. The highest BCUT2D eigenvalue weighted by Gasteiger charge is 2.22. The van der Waals surface area contributed by atoms with Gasteiger partial charge in [0.25, 0.3) is 0 Å². The van der Waals surface area contributed by atoms with Crippen LogP contribution < -0.4 is 9.47 Å².